The first kappa shape index (κ1) is 22.8. The van der Waals surface area contributed by atoms with Gasteiger partial charge in [0.2, 0.25) is 0 Å². The molecule has 0 spiro atoms. The molecular weight excluding hydrogens is 450 g/mol. The Labute approximate surface area is 201 Å². The van der Waals surface area contributed by atoms with Crippen molar-refractivity contribution >= 4 is 17.4 Å². The summed E-state index contributed by atoms with van der Waals surface area (Å²) in [6.07, 6.45) is 2.20. The topological polar surface area (TPSA) is 76.8 Å². The van der Waals surface area contributed by atoms with Crippen LogP contribution in [0.1, 0.15) is 51.1 Å². The molecular formula is C26H26F2N6O. The zero-order chi connectivity index (χ0) is 24.5. The van der Waals surface area contributed by atoms with Crippen molar-refractivity contribution in [1.82, 2.24) is 19.6 Å². The number of aromatic nitrogens is 4. The largest absolute Gasteiger partial charge is 0.363 e. The van der Waals surface area contributed by atoms with E-state index in [1.807, 2.05) is 62.4 Å². The summed E-state index contributed by atoms with van der Waals surface area (Å²) in [7, 11) is 0. The molecule has 4 aromatic rings. The van der Waals surface area contributed by atoms with Crippen LogP contribution in [0.15, 0.2) is 67.1 Å². The number of benzene rings is 2. The molecule has 0 unspecified atom stereocenters. The van der Waals surface area contributed by atoms with Crippen molar-refractivity contribution in [2.24, 2.45) is 0 Å². The van der Waals surface area contributed by atoms with Gasteiger partial charge in [0.25, 0.3) is 12.3 Å². The first-order chi connectivity index (χ1) is 16.9. The zero-order valence-corrected chi connectivity index (χ0v) is 19.5. The smallest absolute Gasteiger partial charge is 0.261 e. The maximum Gasteiger partial charge on any atom is 0.261 e. The predicted molar refractivity (Wildman–Crippen MR) is 130 cm³/mol. The van der Waals surface area contributed by atoms with Crippen molar-refractivity contribution in [2.45, 2.75) is 45.3 Å². The van der Waals surface area contributed by atoms with Crippen LogP contribution in [0.25, 0.3) is 0 Å². The van der Waals surface area contributed by atoms with Crippen molar-refractivity contribution < 1.29 is 13.6 Å². The monoisotopic (exact) mass is 476 g/mol. The van der Waals surface area contributed by atoms with E-state index < -0.39 is 18.4 Å². The van der Waals surface area contributed by atoms with E-state index in [-0.39, 0.29) is 23.8 Å². The van der Waals surface area contributed by atoms with Gasteiger partial charge in [-0.3, -0.25) is 9.48 Å². The maximum absolute atomic E-state index is 13.9. The fourth-order valence-corrected chi connectivity index (χ4v) is 4.39. The summed E-state index contributed by atoms with van der Waals surface area (Å²) in [5.74, 6) is -0.149. The van der Waals surface area contributed by atoms with Crippen LogP contribution in [0.3, 0.4) is 0 Å². The molecule has 2 aromatic carbocycles. The molecule has 0 radical (unpaired) electrons. The van der Waals surface area contributed by atoms with E-state index in [1.165, 1.54) is 10.9 Å². The number of anilines is 2. The molecule has 3 heterocycles. The van der Waals surface area contributed by atoms with Crippen molar-refractivity contribution in [3.63, 3.8) is 0 Å². The third kappa shape index (κ3) is 4.66. The lowest BCUT2D eigenvalue weighted by molar-refractivity contribution is 0.0657. The normalized spacial score (nSPS) is 17.2. The van der Waals surface area contributed by atoms with Crippen LogP contribution in [0.4, 0.5) is 20.3 Å². The van der Waals surface area contributed by atoms with E-state index >= 15 is 0 Å². The number of rotatable bonds is 6. The van der Waals surface area contributed by atoms with Gasteiger partial charge in [0.1, 0.15) is 17.4 Å². The Balaban J connectivity index is 1.36. The van der Waals surface area contributed by atoms with Crippen LogP contribution in [-0.4, -0.2) is 31.9 Å². The fourth-order valence-electron chi connectivity index (χ4n) is 4.39. The van der Waals surface area contributed by atoms with Crippen molar-refractivity contribution in [3.8, 4) is 0 Å². The summed E-state index contributed by atoms with van der Waals surface area (Å²) in [6, 6.07) is 14.3. The van der Waals surface area contributed by atoms with E-state index in [2.05, 4.69) is 20.8 Å². The quantitative estimate of drug-likeness (QED) is 0.393. The Morgan fingerprint density at radius 1 is 1.11 bits per heavy atom. The number of amides is 1. The standard InChI is InChI=1S/C26H26F2N6O/c1-16-7-9-18(10-8-16)22-11-23(24(27)28)34-25(32-22)21(13-30-34)26(35)31-20-12-29-33(15-20)14-19-6-4-3-5-17(19)2/h3-10,12-13,15,22-24,32H,11,14H2,1-2H3,(H,31,35)/t22-,23+/m1/s1. The van der Waals surface area contributed by atoms with E-state index in [0.717, 1.165) is 22.3 Å². The van der Waals surface area contributed by atoms with Gasteiger partial charge in [0.15, 0.2) is 0 Å². The summed E-state index contributed by atoms with van der Waals surface area (Å²) in [5, 5.41) is 14.5. The van der Waals surface area contributed by atoms with Gasteiger partial charge in [0.05, 0.1) is 30.7 Å². The minimum atomic E-state index is -2.61. The van der Waals surface area contributed by atoms with Crippen LogP contribution in [-0.2, 0) is 6.54 Å². The van der Waals surface area contributed by atoms with Crippen LogP contribution in [0.5, 0.6) is 0 Å². The highest BCUT2D eigenvalue weighted by molar-refractivity contribution is 6.07. The van der Waals surface area contributed by atoms with Gasteiger partial charge in [-0.25, -0.2) is 13.5 Å². The number of carbonyl (C=O) groups excluding carboxylic acids is 1. The van der Waals surface area contributed by atoms with Crippen LogP contribution < -0.4 is 10.6 Å². The molecule has 1 amide bonds. The van der Waals surface area contributed by atoms with Gasteiger partial charge < -0.3 is 10.6 Å². The van der Waals surface area contributed by atoms with E-state index in [9.17, 15) is 13.6 Å². The molecule has 0 fully saturated rings. The van der Waals surface area contributed by atoms with Crippen molar-refractivity contribution in [1.29, 1.82) is 0 Å². The summed E-state index contributed by atoms with van der Waals surface area (Å²) in [5.41, 5.74) is 4.98. The molecule has 0 saturated heterocycles. The first-order valence-corrected chi connectivity index (χ1v) is 11.5. The number of nitrogens with one attached hydrogen (secondary N) is 2. The molecule has 0 bridgehead atoms. The number of hydrogen-bond acceptors (Lipinski definition) is 4. The highest BCUT2D eigenvalue weighted by Crippen LogP contribution is 2.39. The molecule has 2 aromatic heterocycles. The van der Waals surface area contributed by atoms with Gasteiger partial charge >= 0.3 is 0 Å². The molecule has 35 heavy (non-hydrogen) atoms. The first-order valence-electron chi connectivity index (χ1n) is 11.5. The Morgan fingerprint density at radius 2 is 1.89 bits per heavy atom. The van der Waals surface area contributed by atoms with Crippen LogP contribution >= 0.6 is 0 Å². The molecule has 1 aliphatic heterocycles. The predicted octanol–water partition coefficient (Wildman–Crippen LogP) is 5.36. The lowest BCUT2D eigenvalue weighted by Gasteiger charge is -2.32. The lowest BCUT2D eigenvalue weighted by atomic mass is 9.96. The Bertz CT molecular complexity index is 1340. The zero-order valence-electron chi connectivity index (χ0n) is 19.5. The maximum atomic E-state index is 13.9. The fraction of sp³-hybridized carbons (Fsp3) is 0.269. The van der Waals surface area contributed by atoms with E-state index in [4.69, 9.17) is 0 Å². The van der Waals surface area contributed by atoms with Crippen molar-refractivity contribution in [3.05, 3.63) is 94.9 Å². The number of hydrogen-bond donors (Lipinski definition) is 2. The summed E-state index contributed by atoms with van der Waals surface area (Å²) in [4.78, 5) is 13.1. The summed E-state index contributed by atoms with van der Waals surface area (Å²) in [6.45, 7) is 4.58. The average Bonchev–Trinajstić information content (AvgIpc) is 3.47. The third-order valence-corrected chi connectivity index (χ3v) is 6.40. The second kappa shape index (κ2) is 9.32. The molecule has 1 aliphatic rings. The second-order valence-electron chi connectivity index (χ2n) is 8.90. The third-order valence-electron chi connectivity index (χ3n) is 6.40. The molecule has 180 valence electrons. The second-order valence-corrected chi connectivity index (χ2v) is 8.90. The molecule has 0 aliphatic carbocycles. The highest BCUT2D eigenvalue weighted by atomic mass is 19.3. The van der Waals surface area contributed by atoms with Gasteiger partial charge in [-0.1, -0.05) is 54.1 Å². The number of alkyl halides is 2. The van der Waals surface area contributed by atoms with Gasteiger partial charge in [0, 0.05) is 6.20 Å². The van der Waals surface area contributed by atoms with E-state index in [0.29, 0.717) is 12.2 Å². The minimum absolute atomic E-state index is 0.169. The number of carbonyl (C=O) groups is 1. The van der Waals surface area contributed by atoms with E-state index in [1.54, 1.807) is 17.1 Å². The molecule has 7 nitrogen and oxygen atoms in total. The Morgan fingerprint density at radius 3 is 2.63 bits per heavy atom. The molecule has 2 N–H and O–H groups in total. The molecule has 2 atom stereocenters. The summed E-state index contributed by atoms with van der Waals surface area (Å²) < 4.78 is 30.8. The number of halogens is 2. The SMILES string of the molecule is Cc1ccc([C@H]2C[C@@H](C(F)F)n3ncc(C(=O)Nc4cnn(Cc5ccccc5C)c4)c3N2)cc1. The number of aryl methyl sites for hydroxylation is 2. The molecule has 0 saturated carbocycles. The number of nitrogens with zero attached hydrogens (tertiary/aromatic N) is 4. The lowest BCUT2D eigenvalue weighted by Crippen LogP contribution is -2.31. The molecule has 9 heteroatoms. The summed E-state index contributed by atoms with van der Waals surface area (Å²) >= 11 is 0. The van der Waals surface area contributed by atoms with Gasteiger partial charge in [-0.2, -0.15) is 10.2 Å². The van der Waals surface area contributed by atoms with Gasteiger partial charge in [-0.15, -0.1) is 0 Å². The Kier molecular flexibility index (Phi) is 6.07. The number of fused-ring (bicyclic) bond motifs is 1. The van der Waals surface area contributed by atoms with Crippen LogP contribution in [0.2, 0.25) is 0 Å². The van der Waals surface area contributed by atoms with Gasteiger partial charge in [-0.05, 0) is 37.0 Å². The Hall–Kier alpha value is -4.01. The average molecular weight is 477 g/mol. The van der Waals surface area contributed by atoms with Crippen molar-refractivity contribution in [2.75, 3.05) is 10.6 Å². The molecule has 5 rings (SSSR count). The van der Waals surface area contributed by atoms with Crippen LogP contribution in [0, 0.1) is 13.8 Å². The highest BCUT2D eigenvalue weighted by Gasteiger charge is 2.36. The minimum Gasteiger partial charge on any atom is -0.363 e.